The Balaban J connectivity index is 1.27. The molecule has 10 heteroatoms. The number of aromatic nitrogens is 2. The van der Waals surface area contributed by atoms with Gasteiger partial charge >= 0.3 is 6.18 Å². The quantitative estimate of drug-likeness (QED) is 0.533. The molecule has 0 atom stereocenters. The van der Waals surface area contributed by atoms with Crippen LogP contribution in [-0.4, -0.2) is 34.1 Å². The molecule has 0 bridgehead atoms. The van der Waals surface area contributed by atoms with Gasteiger partial charge in [-0.15, -0.1) is 0 Å². The number of anilines is 1. The third kappa shape index (κ3) is 5.83. The standard InChI is InChI=1S/C23H20F4N4O2/c24-21-9-20(33-14-15-2-1-3-18(8-15)23(25,26)27)5-4-16(21)11-31-12-17(13-31)22(32)30-19-6-7-28-29-10-19/h1-10,17H,11-14H2,(H,28,30,32). The molecule has 0 spiro atoms. The van der Waals surface area contributed by atoms with Crippen molar-refractivity contribution >= 4 is 11.6 Å². The van der Waals surface area contributed by atoms with E-state index in [1.54, 1.807) is 18.2 Å². The maximum absolute atomic E-state index is 14.5. The normalized spacial score (nSPS) is 14.5. The molecule has 1 amide bonds. The molecule has 172 valence electrons. The highest BCUT2D eigenvalue weighted by molar-refractivity contribution is 5.93. The average Bonchev–Trinajstić information content (AvgIpc) is 2.76. The summed E-state index contributed by atoms with van der Waals surface area (Å²) >= 11 is 0. The van der Waals surface area contributed by atoms with Gasteiger partial charge in [-0.1, -0.05) is 18.2 Å². The molecule has 1 aliphatic heterocycles. The molecule has 1 saturated heterocycles. The zero-order chi connectivity index (χ0) is 23.4. The number of carbonyl (C=O) groups excluding carboxylic acids is 1. The van der Waals surface area contributed by atoms with Crippen LogP contribution < -0.4 is 10.1 Å². The van der Waals surface area contributed by atoms with Crippen LogP contribution in [0, 0.1) is 11.7 Å². The molecule has 2 heterocycles. The summed E-state index contributed by atoms with van der Waals surface area (Å²) in [5.74, 6) is -0.581. The summed E-state index contributed by atoms with van der Waals surface area (Å²) in [7, 11) is 0. The summed E-state index contributed by atoms with van der Waals surface area (Å²) in [4.78, 5) is 14.2. The summed E-state index contributed by atoms with van der Waals surface area (Å²) in [6.07, 6.45) is -1.49. The van der Waals surface area contributed by atoms with Crippen LogP contribution in [0.2, 0.25) is 0 Å². The Hall–Kier alpha value is -3.53. The number of ether oxygens (including phenoxy) is 1. The van der Waals surface area contributed by atoms with Gasteiger partial charge in [-0.05, 0) is 29.8 Å². The molecule has 2 aromatic carbocycles. The summed E-state index contributed by atoms with van der Waals surface area (Å²) in [6, 6.07) is 10.8. The maximum atomic E-state index is 14.5. The van der Waals surface area contributed by atoms with Crippen LogP contribution in [0.3, 0.4) is 0 Å². The molecule has 3 aromatic rings. The van der Waals surface area contributed by atoms with Gasteiger partial charge in [0.2, 0.25) is 5.91 Å². The molecule has 0 radical (unpaired) electrons. The van der Waals surface area contributed by atoms with Crippen molar-refractivity contribution in [1.29, 1.82) is 0 Å². The van der Waals surface area contributed by atoms with Crippen molar-refractivity contribution < 1.29 is 27.1 Å². The van der Waals surface area contributed by atoms with E-state index in [1.165, 1.54) is 30.6 Å². The van der Waals surface area contributed by atoms with E-state index in [1.807, 2.05) is 4.90 Å². The van der Waals surface area contributed by atoms with Gasteiger partial charge in [-0.3, -0.25) is 9.69 Å². The highest BCUT2D eigenvalue weighted by Crippen LogP contribution is 2.30. The second kappa shape index (κ2) is 9.53. The molecule has 0 aliphatic carbocycles. The van der Waals surface area contributed by atoms with Crippen molar-refractivity contribution in [1.82, 2.24) is 15.1 Å². The van der Waals surface area contributed by atoms with Crippen LogP contribution in [0.15, 0.2) is 60.9 Å². The summed E-state index contributed by atoms with van der Waals surface area (Å²) in [6.45, 7) is 1.22. The number of alkyl halides is 3. The summed E-state index contributed by atoms with van der Waals surface area (Å²) < 4.78 is 58.4. The largest absolute Gasteiger partial charge is 0.489 e. The first-order valence-electron chi connectivity index (χ1n) is 10.2. The smallest absolute Gasteiger partial charge is 0.416 e. The lowest BCUT2D eigenvalue weighted by atomic mass is 9.98. The number of hydrogen-bond donors (Lipinski definition) is 1. The Bertz CT molecular complexity index is 1120. The van der Waals surface area contributed by atoms with Crippen molar-refractivity contribution in [3.05, 3.63) is 83.4 Å². The monoisotopic (exact) mass is 460 g/mol. The van der Waals surface area contributed by atoms with Gasteiger partial charge < -0.3 is 10.1 Å². The van der Waals surface area contributed by atoms with Gasteiger partial charge in [0.25, 0.3) is 0 Å². The Morgan fingerprint density at radius 3 is 2.64 bits per heavy atom. The van der Waals surface area contributed by atoms with Gasteiger partial charge in [0.15, 0.2) is 0 Å². The number of halogens is 4. The lowest BCUT2D eigenvalue weighted by Crippen LogP contribution is -2.51. The van der Waals surface area contributed by atoms with Crippen LogP contribution in [0.4, 0.5) is 23.2 Å². The number of hydrogen-bond acceptors (Lipinski definition) is 5. The Kier molecular flexibility index (Phi) is 6.55. The molecule has 6 nitrogen and oxygen atoms in total. The van der Waals surface area contributed by atoms with Crippen LogP contribution in [0.1, 0.15) is 16.7 Å². The minimum Gasteiger partial charge on any atom is -0.489 e. The average molecular weight is 460 g/mol. The fourth-order valence-electron chi connectivity index (χ4n) is 3.46. The number of nitrogens with zero attached hydrogens (tertiary/aromatic N) is 3. The van der Waals surface area contributed by atoms with Crippen LogP contribution in [-0.2, 0) is 24.1 Å². The predicted octanol–water partition coefficient (Wildman–Crippen LogP) is 4.28. The second-order valence-corrected chi connectivity index (χ2v) is 7.75. The highest BCUT2D eigenvalue weighted by Gasteiger charge is 2.33. The summed E-state index contributed by atoms with van der Waals surface area (Å²) in [5.41, 5.74) is 0.588. The number of rotatable bonds is 7. The molecular formula is C23H20F4N4O2. The summed E-state index contributed by atoms with van der Waals surface area (Å²) in [5, 5.41) is 10.1. The van der Waals surface area contributed by atoms with Gasteiger partial charge in [-0.25, -0.2) is 4.39 Å². The molecule has 33 heavy (non-hydrogen) atoms. The lowest BCUT2D eigenvalue weighted by Gasteiger charge is -2.38. The zero-order valence-corrected chi connectivity index (χ0v) is 17.3. The van der Waals surface area contributed by atoms with Crippen LogP contribution >= 0.6 is 0 Å². The Morgan fingerprint density at radius 2 is 1.94 bits per heavy atom. The Labute approximate surface area is 187 Å². The van der Waals surface area contributed by atoms with Crippen molar-refractivity contribution in [2.75, 3.05) is 18.4 Å². The molecule has 1 aromatic heterocycles. The van der Waals surface area contributed by atoms with E-state index in [-0.39, 0.29) is 24.2 Å². The van der Waals surface area contributed by atoms with E-state index >= 15 is 0 Å². The van der Waals surface area contributed by atoms with Gasteiger partial charge in [0.1, 0.15) is 18.2 Å². The maximum Gasteiger partial charge on any atom is 0.416 e. The van der Waals surface area contributed by atoms with E-state index in [0.29, 0.717) is 36.4 Å². The first kappa shape index (κ1) is 22.7. The number of nitrogens with one attached hydrogen (secondary N) is 1. The second-order valence-electron chi connectivity index (χ2n) is 7.75. The molecular weight excluding hydrogens is 440 g/mol. The van der Waals surface area contributed by atoms with E-state index in [9.17, 15) is 22.4 Å². The third-order valence-electron chi connectivity index (χ3n) is 5.26. The minimum absolute atomic E-state index is 0.112. The van der Waals surface area contributed by atoms with Crippen molar-refractivity contribution in [3.63, 3.8) is 0 Å². The topological polar surface area (TPSA) is 67.4 Å². The number of benzene rings is 2. The van der Waals surface area contributed by atoms with Gasteiger partial charge in [0.05, 0.1) is 29.6 Å². The first-order chi connectivity index (χ1) is 15.8. The lowest BCUT2D eigenvalue weighted by molar-refractivity contribution is -0.137. The third-order valence-corrected chi connectivity index (χ3v) is 5.26. The van der Waals surface area contributed by atoms with Crippen LogP contribution in [0.25, 0.3) is 0 Å². The van der Waals surface area contributed by atoms with E-state index in [4.69, 9.17) is 4.74 Å². The molecule has 1 N–H and O–H groups in total. The fourth-order valence-corrected chi connectivity index (χ4v) is 3.46. The predicted molar refractivity (Wildman–Crippen MR) is 112 cm³/mol. The van der Waals surface area contributed by atoms with Crippen molar-refractivity contribution in [2.45, 2.75) is 19.3 Å². The number of amides is 1. The van der Waals surface area contributed by atoms with Gasteiger partial charge in [0, 0.05) is 31.3 Å². The van der Waals surface area contributed by atoms with E-state index in [0.717, 1.165) is 12.1 Å². The number of carbonyl (C=O) groups is 1. The Morgan fingerprint density at radius 1 is 1.12 bits per heavy atom. The highest BCUT2D eigenvalue weighted by atomic mass is 19.4. The number of likely N-dealkylation sites (tertiary alicyclic amines) is 1. The molecule has 0 unspecified atom stereocenters. The molecule has 1 aliphatic rings. The van der Waals surface area contributed by atoms with E-state index < -0.39 is 17.6 Å². The van der Waals surface area contributed by atoms with E-state index in [2.05, 4.69) is 15.5 Å². The van der Waals surface area contributed by atoms with Gasteiger partial charge in [-0.2, -0.15) is 23.4 Å². The molecule has 1 fully saturated rings. The zero-order valence-electron chi connectivity index (χ0n) is 17.3. The molecule has 0 saturated carbocycles. The first-order valence-corrected chi connectivity index (χ1v) is 10.2. The SMILES string of the molecule is O=C(Nc1ccnnc1)C1CN(Cc2ccc(OCc3cccc(C(F)(F)F)c3)cc2F)C1. The van der Waals surface area contributed by atoms with Crippen LogP contribution in [0.5, 0.6) is 5.75 Å². The van der Waals surface area contributed by atoms with Crippen molar-refractivity contribution in [3.8, 4) is 5.75 Å². The minimum atomic E-state index is -4.43. The fraction of sp³-hybridized carbons (Fsp3) is 0.261. The van der Waals surface area contributed by atoms with Crippen molar-refractivity contribution in [2.24, 2.45) is 5.92 Å². The molecule has 4 rings (SSSR count).